The third kappa shape index (κ3) is 4.43. The summed E-state index contributed by atoms with van der Waals surface area (Å²) in [6.07, 6.45) is 8.02. The molecular weight excluding hydrogens is 343 g/mol. The summed E-state index contributed by atoms with van der Waals surface area (Å²) in [6.45, 7) is 0.523. The number of nitrogens with zero attached hydrogens (tertiary/aromatic N) is 4. The lowest BCUT2D eigenvalue weighted by atomic mass is 9.96. The smallest absolute Gasteiger partial charge is 0.189 e. The molecule has 102 valence electrons. The highest BCUT2D eigenvalue weighted by Gasteiger charge is 2.13. The van der Waals surface area contributed by atoms with Crippen molar-refractivity contribution >= 4 is 29.9 Å². The molecule has 0 spiro atoms. The SMILES string of the molecule is Cn1nncc1CN=C(N)NC1CCCCC1.I. The molecule has 3 N–H and O–H groups in total. The lowest BCUT2D eigenvalue weighted by Gasteiger charge is -2.23. The first-order valence-corrected chi connectivity index (χ1v) is 6.15. The Labute approximate surface area is 124 Å². The van der Waals surface area contributed by atoms with Crippen LogP contribution in [-0.4, -0.2) is 27.0 Å². The van der Waals surface area contributed by atoms with Gasteiger partial charge >= 0.3 is 0 Å². The second-order valence-electron chi connectivity index (χ2n) is 4.53. The average molecular weight is 364 g/mol. The van der Waals surface area contributed by atoms with Crippen LogP contribution in [0.25, 0.3) is 0 Å². The third-order valence-corrected chi connectivity index (χ3v) is 3.18. The van der Waals surface area contributed by atoms with Crippen molar-refractivity contribution in [1.82, 2.24) is 20.3 Å². The normalized spacial score (nSPS) is 17.3. The fraction of sp³-hybridized carbons (Fsp3) is 0.727. The quantitative estimate of drug-likeness (QED) is 0.479. The molecule has 1 aromatic heterocycles. The van der Waals surface area contributed by atoms with Crippen LogP contribution in [0, 0.1) is 0 Å². The summed E-state index contributed by atoms with van der Waals surface area (Å²) >= 11 is 0. The van der Waals surface area contributed by atoms with E-state index in [9.17, 15) is 0 Å². The molecule has 18 heavy (non-hydrogen) atoms. The minimum absolute atomic E-state index is 0. The maximum Gasteiger partial charge on any atom is 0.189 e. The van der Waals surface area contributed by atoms with E-state index in [1.807, 2.05) is 7.05 Å². The Morgan fingerprint density at radius 3 is 2.83 bits per heavy atom. The van der Waals surface area contributed by atoms with Gasteiger partial charge in [0.25, 0.3) is 0 Å². The largest absolute Gasteiger partial charge is 0.370 e. The maximum absolute atomic E-state index is 5.86. The van der Waals surface area contributed by atoms with Crippen LogP contribution in [0.1, 0.15) is 37.8 Å². The van der Waals surface area contributed by atoms with Crippen molar-refractivity contribution in [3.05, 3.63) is 11.9 Å². The molecule has 1 fully saturated rings. The molecule has 1 aliphatic rings. The fourth-order valence-corrected chi connectivity index (χ4v) is 2.12. The molecule has 1 heterocycles. The predicted octanol–water partition coefficient (Wildman–Crippen LogP) is 1.17. The van der Waals surface area contributed by atoms with E-state index in [2.05, 4.69) is 20.6 Å². The zero-order valence-corrected chi connectivity index (χ0v) is 13.0. The molecule has 0 aromatic carbocycles. The molecule has 0 radical (unpaired) electrons. The van der Waals surface area contributed by atoms with Gasteiger partial charge < -0.3 is 11.1 Å². The highest BCUT2D eigenvalue weighted by atomic mass is 127. The summed E-state index contributed by atoms with van der Waals surface area (Å²) < 4.78 is 1.71. The van der Waals surface area contributed by atoms with Gasteiger partial charge in [-0.25, -0.2) is 4.99 Å². The number of hydrogen-bond acceptors (Lipinski definition) is 3. The van der Waals surface area contributed by atoms with E-state index in [4.69, 9.17) is 5.73 Å². The first-order chi connectivity index (χ1) is 8.25. The van der Waals surface area contributed by atoms with Gasteiger partial charge in [0.1, 0.15) is 0 Å². The topological polar surface area (TPSA) is 81.1 Å². The summed E-state index contributed by atoms with van der Waals surface area (Å²) in [7, 11) is 1.85. The van der Waals surface area contributed by atoms with E-state index in [0.717, 1.165) is 5.69 Å². The van der Waals surface area contributed by atoms with Crippen molar-refractivity contribution < 1.29 is 0 Å². The Morgan fingerprint density at radius 1 is 1.50 bits per heavy atom. The number of rotatable bonds is 3. The van der Waals surface area contributed by atoms with Gasteiger partial charge in [-0.15, -0.1) is 29.1 Å². The molecule has 6 nitrogen and oxygen atoms in total. The lowest BCUT2D eigenvalue weighted by Crippen LogP contribution is -2.41. The Balaban J connectivity index is 0.00000162. The number of nitrogens with one attached hydrogen (secondary N) is 1. The van der Waals surface area contributed by atoms with E-state index in [1.54, 1.807) is 10.9 Å². The van der Waals surface area contributed by atoms with Crippen LogP contribution in [0.2, 0.25) is 0 Å². The van der Waals surface area contributed by atoms with Crippen LogP contribution >= 0.6 is 24.0 Å². The second-order valence-corrected chi connectivity index (χ2v) is 4.53. The summed E-state index contributed by atoms with van der Waals surface area (Å²) in [5.41, 5.74) is 6.82. The van der Waals surface area contributed by atoms with Crippen LogP contribution in [-0.2, 0) is 13.6 Å². The standard InChI is InChI=1S/C11H20N6.HI/c1-17-10(8-14-16-17)7-13-11(12)15-9-5-3-2-4-6-9;/h8-9H,2-7H2,1H3,(H3,12,13,15);1H. The molecule has 2 rings (SSSR count). The van der Waals surface area contributed by atoms with Crippen molar-refractivity contribution in [3.63, 3.8) is 0 Å². The van der Waals surface area contributed by atoms with E-state index in [1.165, 1.54) is 32.1 Å². The van der Waals surface area contributed by atoms with Gasteiger partial charge in [0.05, 0.1) is 18.4 Å². The average Bonchev–Trinajstić information content (AvgIpc) is 2.74. The zero-order chi connectivity index (χ0) is 12.1. The molecular formula is C11H21IN6. The van der Waals surface area contributed by atoms with E-state index >= 15 is 0 Å². The first-order valence-electron chi connectivity index (χ1n) is 6.15. The molecule has 0 bridgehead atoms. The predicted molar refractivity (Wildman–Crippen MR) is 81.8 cm³/mol. The van der Waals surface area contributed by atoms with Gasteiger partial charge in [0.2, 0.25) is 0 Å². The first kappa shape index (κ1) is 15.2. The number of aliphatic imine (C=N–C) groups is 1. The number of guanidine groups is 1. The minimum Gasteiger partial charge on any atom is -0.370 e. The number of aromatic nitrogens is 3. The number of hydrogen-bond donors (Lipinski definition) is 2. The van der Waals surface area contributed by atoms with E-state index in [0.29, 0.717) is 18.5 Å². The lowest BCUT2D eigenvalue weighted by molar-refractivity contribution is 0.412. The molecule has 0 amide bonds. The van der Waals surface area contributed by atoms with Gasteiger partial charge in [-0.2, -0.15) is 0 Å². The highest BCUT2D eigenvalue weighted by molar-refractivity contribution is 14.0. The Hall–Kier alpha value is -0.860. The number of nitrogens with two attached hydrogens (primary N) is 1. The van der Waals surface area contributed by atoms with Crippen molar-refractivity contribution in [2.45, 2.75) is 44.7 Å². The summed E-state index contributed by atoms with van der Waals surface area (Å²) in [6, 6.07) is 0.497. The van der Waals surface area contributed by atoms with Crippen LogP contribution in [0.3, 0.4) is 0 Å². The maximum atomic E-state index is 5.86. The highest BCUT2D eigenvalue weighted by Crippen LogP contribution is 2.16. The minimum atomic E-state index is 0. The molecule has 0 aliphatic heterocycles. The Morgan fingerprint density at radius 2 is 2.22 bits per heavy atom. The van der Waals surface area contributed by atoms with E-state index in [-0.39, 0.29) is 24.0 Å². The summed E-state index contributed by atoms with van der Waals surface area (Å²) in [5.74, 6) is 0.526. The summed E-state index contributed by atoms with van der Waals surface area (Å²) in [5, 5.41) is 10.9. The van der Waals surface area contributed by atoms with Crippen LogP contribution in [0.15, 0.2) is 11.2 Å². The van der Waals surface area contributed by atoms with Crippen molar-refractivity contribution in [2.75, 3.05) is 0 Å². The number of aryl methyl sites for hydroxylation is 1. The van der Waals surface area contributed by atoms with Crippen molar-refractivity contribution in [3.8, 4) is 0 Å². The second kappa shape index (κ2) is 7.55. The molecule has 1 aromatic rings. The van der Waals surface area contributed by atoms with Crippen molar-refractivity contribution in [1.29, 1.82) is 0 Å². The van der Waals surface area contributed by atoms with Gasteiger partial charge in [0.15, 0.2) is 5.96 Å². The molecule has 1 saturated carbocycles. The van der Waals surface area contributed by atoms with Gasteiger partial charge in [0, 0.05) is 13.1 Å². The van der Waals surface area contributed by atoms with Gasteiger partial charge in [-0.05, 0) is 12.8 Å². The Kier molecular flexibility index (Phi) is 6.37. The summed E-state index contributed by atoms with van der Waals surface area (Å²) in [4.78, 5) is 4.30. The molecule has 0 unspecified atom stereocenters. The zero-order valence-electron chi connectivity index (χ0n) is 10.7. The fourth-order valence-electron chi connectivity index (χ4n) is 2.12. The third-order valence-electron chi connectivity index (χ3n) is 3.18. The monoisotopic (exact) mass is 364 g/mol. The van der Waals surface area contributed by atoms with Crippen molar-refractivity contribution in [2.24, 2.45) is 17.8 Å². The molecule has 1 aliphatic carbocycles. The Bertz CT molecular complexity index is 383. The van der Waals surface area contributed by atoms with E-state index < -0.39 is 0 Å². The molecule has 0 atom stereocenters. The van der Waals surface area contributed by atoms with Gasteiger partial charge in [-0.3, -0.25) is 4.68 Å². The van der Waals surface area contributed by atoms with Gasteiger partial charge in [-0.1, -0.05) is 24.5 Å². The number of halogens is 1. The molecule has 7 heteroatoms. The van der Waals surface area contributed by atoms with Crippen LogP contribution in [0.5, 0.6) is 0 Å². The van der Waals surface area contributed by atoms with Crippen LogP contribution in [0.4, 0.5) is 0 Å². The molecule has 0 saturated heterocycles. The van der Waals surface area contributed by atoms with Crippen LogP contribution < -0.4 is 11.1 Å².